The van der Waals surface area contributed by atoms with E-state index in [1.807, 2.05) is 6.08 Å². The maximum absolute atomic E-state index is 11.2. The molecule has 4 heteroatoms. The Labute approximate surface area is 155 Å². The van der Waals surface area contributed by atoms with E-state index in [0.29, 0.717) is 18.8 Å². The quantitative estimate of drug-likeness (QED) is 0.457. The first-order valence-corrected chi connectivity index (χ1v) is 10.1. The van der Waals surface area contributed by atoms with Crippen LogP contribution in [0.1, 0.15) is 58.8 Å². The summed E-state index contributed by atoms with van der Waals surface area (Å²) < 4.78 is 0. The monoisotopic (exact) mass is 364 g/mol. The number of aliphatic hydroxyl groups is 3. The van der Waals surface area contributed by atoms with E-state index in [4.69, 9.17) is 11.6 Å². The minimum atomic E-state index is -1.04. The Morgan fingerprint density at radius 2 is 1.80 bits per heavy atom. The lowest BCUT2D eigenvalue weighted by atomic mass is 9.45. The van der Waals surface area contributed by atoms with Crippen LogP contribution < -0.4 is 0 Å². The van der Waals surface area contributed by atoms with Gasteiger partial charge in [-0.3, -0.25) is 0 Å². The zero-order valence-electron chi connectivity index (χ0n) is 15.1. The first-order chi connectivity index (χ1) is 11.7. The number of hydrogen-bond donors (Lipinski definition) is 3. The van der Waals surface area contributed by atoms with E-state index in [1.54, 1.807) is 0 Å². The van der Waals surface area contributed by atoms with Gasteiger partial charge in [-0.05, 0) is 79.7 Å². The lowest BCUT2D eigenvalue weighted by Gasteiger charge is -2.60. The van der Waals surface area contributed by atoms with Gasteiger partial charge < -0.3 is 15.3 Å². The molecule has 0 radical (unpaired) electrons. The molecule has 3 N–H and O–H groups in total. The summed E-state index contributed by atoms with van der Waals surface area (Å²) in [5, 5.41) is 34.7. The van der Waals surface area contributed by atoms with Gasteiger partial charge >= 0.3 is 0 Å². The van der Waals surface area contributed by atoms with Crippen LogP contribution in [-0.2, 0) is 0 Å². The van der Waals surface area contributed by atoms with Crippen LogP contribution >= 0.6 is 11.6 Å². The summed E-state index contributed by atoms with van der Waals surface area (Å²) in [6, 6.07) is 0. The number of hydrogen-bond acceptors (Lipinski definition) is 3. The van der Waals surface area contributed by atoms with Crippen LogP contribution in [0.25, 0.3) is 0 Å². The highest BCUT2D eigenvalue weighted by molar-refractivity contribution is 6.30. The standard InChI is InChI=1S/C21H29ClO3/c1-19-6-3-14(23)11-13(19)12-17(24)18-15(19)4-7-20(2)16(18)5-8-21(20,25)9-10-22/h11,14-18,23-25H,3-8,12H2,1-2H3/t14-,15+,16+,17+,18-,19+,20+,21-/m1/s1. The molecule has 0 amide bonds. The van der Waals surface area contributed by atoms with Gasteiger partial charge in [-0.1, -0.05) is 31.4 Å². The molecule has 0 unspecified atom stereocenters. The zero-order chi connectivity index (χ0) is 18.0. The highest BCUT2D eigenvalue weighted by Crippen LogP contribution is 2.67. The average molecular weight is 365 g/mol. The molecule has 0 bridgehead atoms. The fourth-order valence-electron chi connectivity index (χ4n) is 6.98. The molecule has 0 aromatic rings. The van der Waals surface area contributed by atoms with Crippen molar-refractivity contribution in [1.82, 2.24) is 0 Å². The maximum atomic E-state index is 11.2. The largest absolute Gasteiger partial charge is 0.392 e. The van der Waals surface area contributed by atoms with E-state index in [-0.39, 0.29) is 28.8 Å². The molecule has 3 saturated carbocycles. The Morgan fingerprint density at radius 1 is 1.08 bits per heavy atom. The second kappa shape index (κ2) is 5.73. The van der Waals surface area contributed by atoms with Crippen molar-refractivity contribution in [3.05, 3.63) is 11.6 Å². The van der Waals surface area contributed by atoms with Crippen LogP contribution in [0, 0.1) is 39.9 Å². The van der Waals surface area contributed by atoms with Crippen molar-refractivity contribution in [2.45, 2.75) is 76.6 Å². The maximum Gasteiger partial charge on any atom is 0.132 e. The smallest absolute Gasteiger partial charge is 0.132 e. The summed E-state index contributed by atoms with van der Waals surface area (Å²) in [5.74, 6) is 3.77. The molecule has 138 valence electrons. The molecule has 0 heterocycles. The van der Waals surface area contributed by atoms with Crippen molar-refractivity contribution in [2.24, 2.45) is 28.6 Å². The number of fused-ring (bicyclic) bond motifs is 5. The molecule has 3 nitrogen and oxygen atoms in total. The Kier molecular flexibility index (Phi) is 4.10. The predicted octanol–water partition coefficient (Wildman–Crippen LogP) is 3.21. The van der Waals surface area contributed by atoms with E-state index in [2.05, 4.69) is 25.1 Å². The summed E-state index contributed by atoms with van der Waals surface area (Å²) in [6.07, 6.45) is 7.13. The average Bonchev–Trinajstić information content (AvgIpc) is 2.81. The SMILES string of the molecule is C[C@]12CC[C@@H](O)C=C1C[C@H](O)[C@@H]1[C@@H]2CC[C@@]2(C)[C@H]1CC[C@@]2(O)C#CCl. The highest BCUT2D eigenvalue weighted by Gasteiger charge is 2.65. The van der Waals surface area contributed by atoms with Crippen molar-refractivity contribution >= 4 is 11.6 Å². The number of rotatable bonds is 0. The van der Waals surface area contributed by atoms with Crippen LogP contribution in [0.3, 0.4) is 0 Å². The van der Waals surface area contributed by atoms with Gasteiger partial charge in [0, 0.05) is 10.8 Å². The van der Waals surface area contributed by atoms with Gasteiger partial charge in [0.1, 0.15) is 5.60 Å². The summed E-state index contributed by atoms with van der Waals surface area (Å²) in [4.78, 5) is 0. The Morgan fingerprint density at radius 3 is 2.52 bits per heavy atom. The summed E-state index contributed by atoms with van der Waals surface area (Å²) in [7, 11) is 0. The van der Waals surface area contributed by atoms with Gasteiger partial charge in [0.05, 0.1) is 12.2 Å². The second-order valence-electron chi connectivity index (χ2n) is 9.35. The minimum Gasteiger partial charge on any atom is -0.392 e. The van der Waals surface area contributed by atoms with E-state index in [1.165, 1.54) is 5.57 Å². The first-order valence-electron chi connectivity index (χ1n) is 9.68. The molecule has 8 atom stereocenters. The van der Waals surface area contributed by atoms with Gasteiger partial charge in [0.25, 0.3) is 0 Å². The lowest BCUT2D eigenvalue weighted by Crippen LogP contribution is -2.58. The zero-order valence-corrected chi connectivity index (χ0v) is 15.9. The van der Waals surface area contributed by atoms with Gasteiger partial charge in [-0.2, -0.15) is 0 Å². The fourth-order valence-corrected chi connectivity index (χ4v) is 7.13. The van der Waals surface area contributed by atoms with Crippen molar-refractivity contribution in [1.29, 1.82) is 0 Å². The van der Waals surface area contributed by atoms with E-state index in [0.717, 1.165) is 32.1 Å². The molecular weight excluding hydrogens is 336 g/mol. The van der Waals surface area contributed by atoms with Crippen LogP contribution in [0.4, 0.5) is 0 Å². The predicted molar refractivity (Wildman–Crippen MR) is 97.7 cm³/mol. The molecule has 0 aromatic carbocycles. The molecule has 0 aliphatic heterocycles. The molecule has 4 aliphatic carbocycles. The third kappa shape index (κ3) is 2.31. The first kappa shape index (κ1) is 17.9. The van der Waals surface area contributed by atoms with Crippen molar-refractivity contribution in [2.75, 3.05) is 0 Å². The summed E-state index contributed by atoms with van der Waals surface area (Å²) >= 11 is 5.66. The topological polar surface area (TPSA) is 60.7 Å². The third-order valence-electron chi connectivity index (χ3n) is 8.52. The Balaban J connectivity index is 1.73. The van der Waals surface area contributed by atoms with E-state index in [9.17, 15) is 15.3 Å². The molecule has 25 heavy (non-hydrogen) atoms. The van der Waals surface area contributed by atoms with E-state index < -0.39 is 11.7 Å². The summed E-state index contributed by atoms with van der Waals surface area (Å²) in [5.41, 5.74) is -0.0202. The lowest BCUT2D eigenvalue weighted by molar-refractivity contribution is -0.136. The third-order valence-corrected chi connectivity index (χ3v) is 8.61. The molecule has 0 saturated heterocycles. The highest BCUT2D eigenvalue weighted by atomic mass is 35.5. The van der Waals surface area contributed by atoms with Gasteiger partial charge in [0.15, 0.2) is 0 Å². The van der Waals surface area contributed by atoms with Crippen molar-refractivity contribution in [3.63, 3.8) is 0 Å². The molecule has 0 aromatic heterocycles. The van der Waals surface area contributed by atoms with Crippen LogP contribution in [0.15, 0.2) is 11.6 Å². The Hall–Kier alpha value is -0.530. The fraction of sp³-hybridized carbons (Fsp3) is 0.810. The molecule has 4 rings (SSSR count). The van der Waals surface area contributed by atoms with E-state index >= 15 is 0 Å². The van der Waals surface area contributed by atoms with Crippen LogP contribution in [-0.4, -0.2) is 33.1 Å². The molecule has 0 spiro atoms. The van der Waals surface area contributed by atoms with Crippen molar-refractivity contribution < 1.29 is 15.3 Å². The van der Waals surface area contributed by atoms with Crippen LogP contribution in [0.5, 0.6) is 0 Å². The van der Waals surface area contributed by atoms with Crippen LogP contribution in [0.2, 0.25) is 0 Å². The normalized spacial score (nSPS) is 54.5. The van der Waals surface area contributed by atoms with Gasteiger partial charge in [-0.25, -0.2) is 0 Å². The molecule has 3 fully saturated rings. The van der Waals surface area contributed by atoms with Gasteiger partial charge in [-0.15, -0.1) is 0 Å². The number of aliphatic hydroxyl groups excluding tert-OH is 2. The van der Waals surface area contributed by atoms with Gasteiger partial charge in [0.2, 0.25) is 0 Å². The van der Waals surface area contributed by atoms with Crippen molar-refractivity contribution in [3.8, 4) is 11.3 Å². The molecular formula is C21H29ClO3. The summed E-state index contributed by atoms with van der Waals surface area (Å²) in [6.45, 7) is 4.48. The Bertz CT molecular complexity index is 664. The second-order valence-corrected chi connectivity index (χ2v) is 9.54. The number of halogens is 1. The minimum absolute atomic E-state index is 0.0727. The molecule has 4 aliphatic rings.